The summed E-state index contributed by atoms with van der Waals surface area (Å²) in [5, 5.41) is 8.37. The van der Waals surface area contributed by atoms with Crippen LogP contribution in [-0.2, 0) is 6.42 Å². The molecule has 3 nitrogen and oxygen atoms in total. The van der Waals surface area contributed by atoms with E-state index in [1.54, 1.807) is 6.07 Å². The topological polar surface area (TPSA) is 35.0 Å². The van der Waals surface area contributed by atoms with E-state index in [0.717, 1.165) is 55.1 Å². The molecular weight excluding hydrogens is 399 g/mol. The molecule has 1 heterocycles. The Kier molecular flexibility index (Phi) is 10.4. The van der Waals surface area contributed by atoms with E-state index in [4.69, 9.17) is 4.74 Å². The van der Waals surface area contributed by atoms with Gasteiger partial charge in [0.05, 0.1) is 12.3 Å². The van der Waals surface area contributed by atoms with Gasteiger partial charge in [-0.1, -0.05) is 90.2 Å². The summed E-state index contributed by atoms with van der Waals surface area (Å²) in [6.45, 7) is 5.10. The molecule has 0 amide bonds. The Morgan fingerprint density at radius 3 is 2.22 bits per heavy atom. The zero-order chi connectivity index (χ0) is 22.6. The van der Waals surface area contributed by atoms with Crippen LogP contribution in [-0.4, -0.2) is 16.8 Å². The normalized spacial score (nSPS) is 18.6. The maximum Gasteiger partial charge on any atom is 0.233 e. The van der Waals surface area contributed by atoms with E-state index in [0.29, 0.717) is 18.2 Å². The van der Waals surface area contributed by atoms with Gasteiger partial charge < -0.3 is 4.74 Å². The van der Waals surface area contributed by atoms with Crippen LogP contribution in [0.15, 0.2) is 30.3 Å². The van der Waals surface area contributed by atoms with Crippen LogP contribution >= 0.6 is 0 Å². The fourth-order valence-corrected chi connectivity index (χ4v) is 4.84. The summed E-state index contributed by atoms with van der Waals surface area (Å²) in [5.74, 6) is 2.09. The number of halogens is 1. The number of aryl methyl sites for hydroxylation is 1. The zero-order valence-corrected chi connectivity index (χ0v) is 20.1. The molecule has 1 aromatic heterocycles. The van der Waals surface area contributed by atoms with Gasteiger partial charge in [0, 0.05) is 11.6 Å². The summed E-state index contributed by atoms with van der Waals surface area (Å²) in [4.78, 5) is 0. The van der Waals surface area contributed by atoms with Crippen LogP contribution in [0.25, 0.3) is 11.3 Å². The molecule has 1 saturated carbocycles. The number of hydrogen-bond acceptors (Lipinski definition) is 3. The summed E-state index contributed by atoms with van der Waals surface area (Å²) in [6, 6.07) is 9.17. The lowest BCUT2D eigenvalue weighted by atomic mass is 9.77. The van der Waals surface area contributed by atoms with Crippen LogP contribution in [0.1, 0.15) is 96.5 Å². The largest absolute Gasteiger partial charge is 0.477 e. The molecule has 0 spiro atoms. The molecule has 0 aliphatic heterocycles. The van der Waals surface area contributed by atoms with Gasteiger partial charge in [-0.2, -0.15) is 0 Å². The standard InChI is InChI=1S/C28H41FN2O/c1-3-5-7-9-22-10-12-23(13-11-22)14-15-24-16-17-25(21-26(24)29)27-18-19-28(31-30-27)32-20-8-6-4-2/h16-19,21-23H,3-15,20H2,1-2H3. The second-order valence-electron chi connectivity index (χ2n) is 9.54. The third-order valence-electron chi connectivity index (χ3n) is 6.99. The van der Waals surface area contributed by atoms with Gasteiger partial charge in [0.2, 0.25) is 5.88 Å². The Morgan fingerprint density at radius 1 is 0.844 bits per heavy atom. The van der Waals surface area contributed by atoms with E-state index < -0.39 is 0 Å². The predicted molar refractivity (Wildman–Crippen MR) is 130 cm³/mol. The molecule has 1 aliphatic carbocycles. The number of aromatic nitrogens is 2. The quantitative estimate of drug-likeness (QED) is 0.295. The van der Waals surface area contributed by atoms with Crippen molar-refractivity contribution in [2.75, 3.05) is 6.61 Å². The predicted octanol–water partition coefficient (Wildman–Crippen LogP) is 8.17. The van der Waals surface area contributed by atoms with Crippen molar-refractivity contribution < 1.29 is 9.13 Å². The molecule has 0 bridgehead atoms. The van der Waals surface area contributed by atoms with Crippen molar-refractivity contribution in [2.45, 2.75) is 97.3 Å². The lowest BCUT2D eigenvalue weighted by Crippen LogP contribution is -2.15. The van der Waals surface area contributed by atoms with E-state index >= 15 is 0 Å². The molecule has 0 radical (unpaired) electrons. The molecule has 2 aromatic rings. The van der Waals surface area contributed by atoms with Crippen LogP contribution in [0, 0.1) is 17.7 Å². The molecule has 176 valence electrons. The van der Waals surface area contributed by atoms with Gasteiger partial charge in [0.1, 0.15) is 5.82 Å². The number of unbranched alkanes of at least 4 members (excludes halogenated alkanes) is 4. The van der Waals surface area contributed by atoms with Crippen molar-refractivity contribution in [3.8, 4) is 17.1 Å². The van der Waals surface area contributed by atoms with Crippen molar-refractivity contribution in [1.82, 2.24) is 10.2 Å². The molecule has 1 aromatic carbocycles. The van der Waals surface area contributed by atoms with Gasteiger partial charge in [-0.05, 0) is 48.8 Å². The molecule has 1 aliphatic rings. The number of hydrogen-bond donors (Lipinski definition) is 0. The van der Waals surface area contributed by atoms with Crippen LogP contribution in [0.4, 0.5) is 4.39 Å². The third kappa shape index (κ3) is 7.86. The first-order chi connectivity index (χ1) is 15.7. The molecule has 3 rings (SSSR count). The van der Waals surface area contributed by atoms with Crippen molar-refractivity contribution >= 4 is 0 Å². The van der Waals surface area contributed by atoms with Gasteiger partial charge in [-0.15, -0.1) is 10.2 Å². The third-order valence-corrected chi connectivity index (χ3v) is 6.99. The summed E-state index contributed by atoms with van der Waals surface area (Å²) < 4.78 is 20.4. The smallest absolute Gasteiger partial charge is 0.233 e. The fourth-order valence-electron chi connectivity index (χ4n) is 4.84. The SMILES string of the molecule is CCCCCOc1ccc(-c2ccc(CCC3CCC(CCCCC)CC3)c(F)c2)nn1. The molecule has 0 N–H and O–H groups in total. The van der Waals surface area contributed by atoms with Crippen molar-refractivity contribution in [3.63, 3.8) is 0 Å². The maximum absolute atomic E-state index is 14.8. The van der Waals surface area contributed by atoms with Crippen LogP contribution < -0.4 is 4.74 Å². The zero-order valence-electron chi connectivity index (χ0n) is 20.1. The summed E-state index contributed by atoms with van der Waals surface area (Å²) in [5.41, 5.74) is 2.27. The summed E-state index contributed by atoms with van der Waals surface area (Å²) in [6.07, 6.45) is 16.1. The molecule has 1 fully saturated rings. The molecular formula is C28H41FN2O. The number of benzene rings is 1. The van der Waals surface area contributed by atoms with Crippen LogP contribution in [0.5, 0.6) is 5.88 Å². The Hall–Kier alpha value is -1.97. The van der Waals surface area contributed by atoms with Gasteiger partial charge in [-0.25, -0.2) is 4.39 Å². The monoisotopic (exact) mass is 440 g/mol. The fraction of sp³-hybridized carbons (Fsp3) is 0.643. The molecule has 0 atom stereocenters. The Balaban J connectivity index is 1.45. The van der Waals surface area contributed by atoms with E-state index in [-0.39, 0.29) is 5.82 Å². The number of rotatable bonds is 13. The molecule has 4 heteroatoms. The maximum atomic E-state index is 14.8. The highest BCUT2D eigenvalue weighted by Crippen LogP contribution is 2.34. The van der Waals surface area contributed by atoms with E-state index in [1.807, 2.05) is 24.3 Å². The molecule has 0 unspecified atom stereocenters. The second kappa shape index (κ2) is 13.5. The lowest BCUT2D eigenvalue weighted by molar-refractivity contribution is 0.248. The molecule has 0 saturated heterocycles. The first-order valence-corrected chi connectivity index (χ1v) is 12.9. The minimum Gasteiger partial charge on any atom is -0.477 e. The summed E-state index contributed by atoms with van der Waals surface area (Å²) >= 11 is 0. The minimum atomic E-state index is -0.127. The lowest BCUT2D eigenvalue weighted by Gasteiger charge is -2.28. The van der Waals surface area contributed by atoms with E-state index in [2.05, 4.69) is 24.0 Å². The first kappa shape index (κ1) is 24.7. The van der Waals surface area contributed by atoms with Gasteiger partial charge in [-0.3, -0.25) is 0 Å². The highest BCUT2D eigenvalue weighted by atomic mass is 19.1. The summed E-state index contributed by atoms with van der Waals surface area (Å²) in [7, 11) is 0. The number of ether oxygens (including phenoxy) is 1. The Bertz CT molecular complexity index is 785. The second-order valence-corrected chi connectivity index (χ2v) is 9.54. The molecule has 32 heavy (non-hydrogen) atoms. The Morgan fingerprint density at radius 2 is 1.56 bits per heavy atom. The first-order valence-electron chi connectivity index (χ1n) is 12.9. The average Bonchev–Trinajstić information content (AvgIpc) is 2.82. The van der Waals surface area contributed by atoms with Gasteiger partial charge >= 0.3 is 0 Å². The van der Waals surface area contributed by atoms with Crippen LogP contribution in [0.2, 0.25) is 0 Å². The highest BCUT2D eigenvalue weighted by molar-refractivity contribution is 5.59. The van der Waals surface area contributed by atoms with Gasteiger partial charge in [0.25, 0.3) is 0 Å². The minimum absolute atomic E-state index is 0.127. The highest BCUT2D eigenvalue weighted by Gasteiger charge is 2.21. The van der Waals surface area contributed by atoms with Crippen molar-refractivity contribution in [1.29, 1.82) is 0 Å². The number of nitrogens with zero attached hydrogens (tertiary/aromatic N) is 2. The van der Waals surface area contributed by atoms with E-state index in [1.165, 1.54) is 51.4 Å². The van der Waals surface area contributed by atoms with Crippen LogP contribution in [0.3, 0.4) is 0 Å². The van der Waals surface area contributed by atoms with E-state index in [9.17, 15) is 4.39 Å². The average molecular weight is 441 g/mol. The van der Waals surface area contributed by atoms with Gasteiger partial charge in [0.15, 0.2) is 0 Å². The Labute approximate surface area is 194 Å². The van der Waals surface area contributed by atoms with Crippen molar-refractivity contribution in [2.24, 2.45) is 11.8 Å². The van der Waals surface area contributed by atoms with Crippen molar-refractivity contribution in [3.05, 3.63) is 41.7 Å².